The summed E-state index contributed by atoms with van der Waals surface area (Å²) in [4.78, 5) is 29.9. The van der Waals surface area contributed by atoms with Crippen molar-refractivity contribution in [1.82, 2.24) is 9.80 Å². The van der Waals surface area contributed by atoms with Gasteiger partial charge >= 0.3 is 5.97 Å². The van der Waals surface area contributed by atoms with E-state index in [4.69, 9.17) is 9.47 Å². The van der Waals surface area contributed by atoms with E-state index in [1.54, 1.807) is 0 Å². The number of unbranched alkanes of at least 4 members (excludes halogenated alkanes) is 3. The van der Waals surface area contributed by atoms with Gasteiger partial charge in [0.05, 0.1) is 12.5 Å². The van der Waals surface area contributed by atoms with Gasteiger partial charge in [-0.1, -0.05) is 52.5 Å². The molecule has 0 spiro atoms. The SMILES string of the molecule is CCCCC1C(C(=O)O)C(c2ccc3c(c2)OCO3)CN1CC(=O)N(CCCC)CCCC. The number of carboxylic acid groups (broad SMARTS) is 1. The van der Waals surface area contributed by atoms with E-state index in [-0.39, 0.29) is 31.2 Å². The number of ether oxygens (including phenoxy) is 2. The van der Waals surface area contributed by atoms with Crippen molar-refractivity contribution in [2.45, 2.75) is 77.7 Å². The Kier molecular flexibility index (Phi) is 9.41. The minimum atomic E-state index is -0.789. The zero-order valence-electron chi connectivity index (χ0n) is 20.4. The molecule has 1 aromatic rings. The molecule has 1 fully saturated rings. The average molecular weight is 461 g/mol. The van der Waals surface area contributed by atoms with Crippen LogP contribution in [0, 0.1) is 5.92 Å². The molecule has 7 heteroatoms. The van der Waals surface area contributed by atoms with Crippen molar-refractivity contribution in [3.8, 4) is 11.5 Å². The third kappa shape index (κ3) is 6.19. The second kappa shape index (κ2) is 12.3. The first-order chi connectivity index (χ1) is 16.0. The maximum absolute atomic E-state index is 13.3. The van der Waals surface area contributed by atoms with Crippen molar-refractivity contribution >= 4 is 11.9 Å². The van der Waals surface area contributed by atoms with E-state index in [0.29, 0.717) is 18.0 Å². The van der Waals surface area contributed by atoms with Crippen molar-refractivity contribution in [2.75, 3.05) is 33.0 Å². The number of hydrogen-bond donors (Lipinski definition) is 1. The first-order valence-electron chi connectivity index (χ1n) is 12.6. The zero-order chi connectivity index (χ0) is 23.8. The predicted molar refractivity (Wildman–Crippen MR) is 128 cm³/mol. The van der Waals surface area contributed by atoms with Crippen LogP contribution in [0.15, 0.2) is 18.2 Å². The highest BCUT2D eigenvalue weighted by Gasteiger charge is 2.47. The van der Waals surface area contributed by atoms with Crippen LogP contribution in [0.1, 0.15) is 77.2 Å². The number of rotatable bonds is 13. The third-order valence-corrected chi connectivity index (χ3v) is 6.97. The molecule has 184 valence electrons. The maximum Gasteiger partial charge on any atom is 0.308 e. The molecule has 3 atom stereocenters. The van der Waals surface area contributed by atoms with Gasteiger partial charge < -0.3 is 19.5 Å². The zero-order valence-corrected chi connectivity index (χ0v) is 20.4. The molecule has 0 saturated carbocycles. The Labute approximate surface area is 198 Å². The number of carbonyl (C=O) groups is 2. The number of carboxylic acids is 1. The molecule has 0 bridgehead atoms. The molecule has 2 heterocycles. The average Bonchev–Trinajstić information content (AvgIpc) is 3.41. The van der Waals surface area contributed by atoms with E-state index < -0.39 is 11.9 Å². The first kappa shape index (κ1) is 25.3. The highest BCUT2D eigenvalue weighted by Crippen LogP contribution is 2.43. The number of carbonyl (C=O) groups excluding carboxylic acids is 1. The smallest absolute Gasteiger partial charge is 0.308 e. The Morgan fingerprint density at radius 3 is 2.33 bits per heavy atom. The summed E-state index contributed by atoms with van der Waals surface area (Å²) in [5, 5.41) is 10.2. The van der Waals surface area contributed by atoms with Crippen molar-refractivity contribution in [3.05, 3.63) is 23.8 Å². The lowest BCUT2D eigenvalue weighted by Crippen LogP contribution is -2.44. The number of amides is 1. The van der Waals surface area contributed by atoms with Gasteiger partial charge in [-0.3, -0.25) is 14.5 Å². The number of hydrogen-bond acceptors (Lipinski definition) is 5. The monoisotopic (exact) mass is 460 g/mol. The van der Waals surface area contributed by atoms with Crippen molar-refractivity contribution < 1.29 is 24.2 Å². The lowest BCUT2D eigenvalue weighted by atomic mass is 9.83. The normalized spacial score (nSPS) is 22.0. The second-order valence-corrected chi connectivity index (χ2v) is 9.31. The Morgan fingerprint density at radius 1 is 1.03 bits per heavy atom. The molecule has 3 unspecified atom stereocenters. The van der Waals surface area contributed by atoms with Crippen LogP contribution < -0.4 is 9.47 Å². The highest BCUT2D eigenvalue weighted by molar-refractivity contribution is 5.79. The van der Waals surface area contributed by atoms with Crippen LogP contribution in [0.2, 0.25) is 0 Å². The molecule has 0 aromatic heterocycles. The van der Waals surface area contributed by atoms with Gasteiger partial charge in [-0.05, 0) is 37.0 Å². The number of aliphatic carboxylic acids is 1. The Morgan fingerprint density at radius 2 is 1.70 bits per heavy atom. The van der Waals surface area contributed by atoms with E-state index in [2.05, 4.69) is 25.7 Å². The van der Waals surface area contributed by atoms with E-state index in [1.807, 2.05) is 23.1 Å². The molecule has 0 radical (unpaired) electrons. The van der Waals surface area contributed by atoms with Crippen LogP contribution in [0.4, 0.5) is 0 Å². The molecular formula is C26H40N2O5. The minimum Gasteiger partial charge on any atom is -0.481 e. The summed E-state index contributed by atoms with van der Waals surface area (Å²) in [5.74, 6) is -0.0467. The van der Waals surface area contributed by atoms with Crippen LogP contribution in [0.3, 0.4) is 0 Å². The quantitative estimate of drug-likeness (QED) is 0.467. The number of likely N-dealkylation sites (tertiary alicyclic amines) is 1. The van der Waals surface area contributed by atoms with Crippen molar-refractivity contribution in [1.29, 1.82) is 0 Å². The third-order valence-electron chi connectivity index (χ3n) is 6.97. The first-order valence-corrected chi connectivity index (χ1v) is 12.6. The number of nitrogens with zero attached hydrogens (tertiary/aromatic N) is 2. The largest absolute Gasteiger partial charge is 0.481 e. The summed E-state index contributed by atoms with van der Waals surface area (Å²) in [7, 11) is 0. The standard InChI is InChI=1S/C26H40N2O5/c1-4-7-10-21-25(26(30)31)20(19-11-12-22-23(15-19)33-18-32-22)16-28(21)17-24(29)27(13-8-5-2)14-9-6-3/h11-12,15,20-21,25H,4-10,13-14,16-18H2,1-3H3,(H,30,31). The Hall–Kier alpha value is -2.28. The summed E-state index contributed by atoms with van der Waals surface area (Å²) in [6.07, 6.45) is 6.81. The molecule has 7 nitrogen and oxygen atoms in total. The van der Waals surface area contributed by atoms with Crippen LogP contribution in [0.25, 0.3) is 0 Å². The van der Waals surface area contributed by atoms with E-state index in [1.165, 1.54) is 0 Å². The highest BCUT2D eigenvalue weighted by atomic mass is 16.7. The molecule has 2 aliphatic rings. The van der Waals surface area contributed by atoms with Crippen molar-refractivity contribution in [2.24, 2.45) is 5.92 Å². The fourth-order valence-corrected chi connectivity index (χ4v) is 5.08. The maximum atomic E-state index is 13.3. The van der Waals surface area contributed by atoms with Crippen LogP contribution in [0.5, 0.6) is 11.5 Å². The second-order valence-electron chi connectivity index (χ2n) is 9.31. The van der Waals surface area contributed by atoms with E-state index in [9.17, 15) is 14.7 Å². The molecule has 1 aromatic carbocycles. The molecule has 1 N–H and O–H groups in total. The molecule has 33 heavy (non-hydrogen) atoms. The molecule has 2 aliphatic heterocycles. The molecule has 1 saturated heterocycles. The molecule has 3 rings (SSSR count). The summed E-state index contributed by atoms with van der Waals surface area (Å²) in [5.41, 5.74) is 0.942. The van der Waals surface area contributed by atoms with Gasteiger partial charge in [0.2, 0.25) is 12.7 Å². The summed E-state index contributed by atoms with van der Waals surface area (Å²) >= 11 is 0. The summed E-state index contributed by atoms with van der Waals surface area (Å²) in [6, 6.07) is 5.58. The summed E-state index contributed by atoms with van der Waals surface area (Å²) < 4.78 is 11.0. The molecule has 1 amide bonds. The lowest BCUT2D eigenvalue weighted by molar-refractivity contribution is -0.143. The Bertz CT molecular complexity index is 791. The van der Waals surface area contributed by atoms with E-state index >= 15 is 0 Å². The lowest BCUT2D eigenvalue weighted by Gasteiger charge is -2.29. The van der Waals surface area contributed by atoms with Crippen LogP contribution in [-0.2, 0) is 9.59 Å². The van der Waals surface area contributed by atoms with Gasteiger partial charge in [0, 0.05) is 31.6 Å². The topological polar surface area (TPSA) is 79.3 Å². The van der Waals surface area contributed by atoms with Gasteiger partial charge in [0.1, 0.15) is 0 Å². The Balaban J connectivity index is 1.82. The van der Waals surface area contributed by atoms with Gasteiger partial charge in [-0.2, -0.15) is 0 Å². The van der Waals surface area contributed by atoms with Gasteiger partial charge in [-0.25, -0.2) is 0 Å². The van der Waals surface area contributed by atoms with Crippen molar-refractivity contribution in [3.63, 3.8) is 0 Å². The van der Waals surface area contributed by atoms with Gasteiger partial charge in [0.15, 0.2) is 11.5 Å². The summed E-state index contributed by atoms with van der Waals surface area (Å²) in [6.45, 7) is 8.98. The van der Waals surface area contributed by atoms with E-state index in [0.717, 1.165) is 63.6 Å². The van der Waals surface area contributed by atoms with Gasteiger partial charge in [-0.15, -0.1) is 0 Å². The fraction of sp³-hybridized carbons (Fsp3) is 0.692. The van der Waals surface area contributed by atoms with Gasteiger partial charge in [0.25, 0.3) is 0 Å². The number of fused-ring (bicyclic) bond motifs is 1. The van der Waals surface area contributed by atoms with Crippen LogP contribution >= 0.6 is 0 Å². The number of benzene rings is 1. The molecular weight excluding hydrogens is 420 g/mol. The minimum absolute atomic E-state index is 0.119. The predicted octanol–water partition coefficient (Wildman–Crippen LogP) is 4.50. The van der Waals surface area contributed by atoms with Crippen LogP contribution in [-0.4, -0.2) is 65.8 Å². The fourth-order valence-electron chi connectivity index (χ4n) is 5.08. The molecule has 0 aliphatic carbocycles.